The second-order valence-corrected chi connectivity index (χ2v) is 4.32. The van der Waals surface area contributed by atoms with Gasteiger partial charge in [-0.05, 0) is 0 Å². The average Bonchev–Trinajstić information content (AvgIpc) is 2.88. The van der Waals surface area contributed by atoms with Crippen LogP contribution in [0.4, 0.5) is 23.2 Å². The minimum absolute atomic E-state index is 0.254. The van der Waals surface area contributed by atoms with E-state index in [0.717, 1.165) is 4.68 Å². The van der Waals surface area contributed by atoms with Crippen LogP contribution in [0.25, 0.3) is 0 Å². The van der Waals surface area contributed by atoms with Gasteiger partial charge in [-0.3, -0.25) is 9.48 Å². The van der Waals surface area contributed by atoms with E-state index in [0.29, 0.717) is 0 Å². The van der Waals surface area contributed by atoms with Crippen molar-refractivity contribution in [2.75, 3.05) is 11.2 Å². The topological polar surface area (TPSA) is 46.9 Å². The van der Waals surface area contributed by atoms with Gasteiger partial charge in [-0.15, -0.1) is 11.6 Å². The Morgan fingerprint density at radius 2 is 1.95 bits per heavy atom. The molecular weight excluding hydrogens is 314 g/mol. The molecule has 0 spiro atoms. The number of carbonyl (C=O) groups excluding carboxylic acids is 1. The molecule has 2 aromatic rings. The predicted molar refractivity (Wildman–Crippen MR) is 67.0 cm³/mol. The van der Waals surface area contributed by atoms with Crippen LogP contribution in [-0.4, -0.2) is 21.6 Å². The number of aromatic nitrogens is 2. The lowest BCUT2D eigenvalue weighted by Crippen LogP contribution is -2.12. The molecule has 0 saturated heterocycles. The Bertz CT molecular complexity index is 689. The van der Waals surface area contributed by atoms with Crippen molar-refractivity contribution in [2.45, 2.75) is 6.54 Å². The summed E-state index contributed by atoms with van der Waals surface area (Å²) < 4.78 is 53.9. The summed E-state index contributed by atoms with van der Waals surface area (Å²) in [6, 6.07) is 0.257. The average molecular weight is 322 g/mol. The SMILES string of the molecule is O=C(CCl)Nc1cnn(Cc2c(F)cc(F)c(F)c2F)c1. The second kappa shape index (κ2) is 6.13. The van der Waals surface area contributed by atoms with Gasteiger partial charge in [-0.2, -0.15) is 5.10 Å². The Labute approximate surface area is 121 Å². The highest BCUT2D eigenvalue weighted by atomic mass is 35.5. The van der Waals surface area contributed by atoms with Crippen LogP contribution in [0, 0.1) is 23.3 Å². The Kier molecular flexibility index (Phi) is 4.46. The van der Waals surface area contributed by atoms with E-state index in [2.05, 4.69) is 10.4 Å². The highest BCUT2D eigenvalue weighted by Gasteiger charge is 2.19. The van der Waals surface area contributed by atoms with Crippen molar-refractivity contribution in [2.24, 2.45) is 0 Å². The third-order valence-electron chi connectivity index (χ3n) is 2.57. The van der Waals surface area contributed by atoms with Gasteiger partial charge in [0.25, 0.3) is 0 Å². The molecule has 0 unspecified atom stereocenters. The van der Waals surface area contributed by atoms with Crippen LogP contribution in [-0.2, 0) is 11.3 Å². The molecule has 0 aliphatic carbocycles. The molecule has 0 radical (unpaired) electrons. The third kappa shape index (κ3) is 3.33. The van der Waals surface area contributed by atoms with Crippen molar-refractivity contribution < 1.29 is 22.4 Å². The standard InChI is InChI=1S/C12H8ClF4N3O/c13-2-10(21)19-6-3-18-20(4-6)5-7-8(14)1-9(15)12(17)11(7)16/h1,3-4H,2,5H2,(H,19,21). The lowest BCUT2D eigenvalue weighted by molar-refractivity contribution is -0.113. The van der Waals surface area contributed by atoms with Gasteiger partial charge in [-0.1, -0.05) is 0 Å². The summed E-state index contributed by atoms with van der Waals surface area (Å²) in [7, 11) is 0. The van der Waals surface area contributed by atoms with Crippen LogP contribution in [0.2, 0.25) is 0 Å². The molecule has 0 atom stereocenters. The first-order chi connectivity index (χ1) is 9.92. The number of anilines is 1. The van der Waals surface area contributed by atoms with Crippen LogP contribution in [0.1, 0.15) is 5.56 Å². The molecule has 4 nitrogen and oxygen atoms in total. The number of carbonyl (C=O) groups is 1. The Hall–Kier alpha value is -2.09. The molecule has 0 bridgehead atoms. The van der Waals surface area contributed by atoms with Gasteiger partial charge in [-0.25, -0.2) is 17.6 Å². The molecule has 112 valence electrons. The lowest BCUT2D eigenvalue weighted by Gasteiger charge is -2.06. The molecule has 1 aromatic heterocycles. The van der Waals surface area contributed by atoms with Crippen LogP contribution in [0.15, 0.2) is 18.5 Å². The highest BCUT2D eigenvalue weighted by molar-refractivity contribution is 6.29. The lowest BCUT2D eigenvalue weighted by atomic mass is 10.2. The van der Waals surface area contributed by atoms with Gasteiger partial charge < -0.3 is 5.32 Å². The van der Waals surface area contributed by atoms with Gasteiger partial charge in [0, 0.05) is 17.8 Å². The first kappa shape index (κ1) is 15.3. The number of hydrogen-bond acceptors (Lipinski definition) is 2. The van der Waals surface area contributed by atoms with E-state index in [4.69, 9.17) is 11.6 Å². The summed E-state index contributed by atoms with van der Waals surface area (Å²) in [6.07, 6.45) is 2.49. The fourth-order valence-corrected chi connectivity index (χ4v) is 1.69. The maximum atomic E-state index is 13.5. The predicted octanol–water partition coefficient (Wildman–Crippen LogP) is 2.67. The Balaban J connectivity index is 2.23. The van der Waals surface area contributed by atoms with Crippen molar-refractivity contribution in [1.29, 1.82) is 0 Å². The van der Waals surface area contributed by atoms with E-state index in [1.54, 1.807) is 0 Å². The molecule has 0 fully saturated rings. The molecule has 0 aliphatic heterocycles. The molecule has 2 rings (SSSR count). The zero-order chi connectivity index (χ0) is 15.6. The Morgan fingerprint density at radius 3 is 2.62 bits per heavy atom. The van der Waals surface area contributed by atoms with Crippen molar-refractivity contribution in [3.63, 3.8) is 0 Å². The third-order valence-corrected chi connectivity index (χ3v) is 2.81. The van der Waals surface area contributed by atoms with Crippen LogP contribution >= 0.6 is 11.6 Å². The second-order valence-electron chi connectivity index (χ2n) is 4.06. The van der Waals surface area contributed by atoms with Crippen LogP contribution in [0.3, 0.4) is 0 Å². The summed E-state index contributed by atoms with van der Waals surface area (Å²) in [5, 5.41) is 6.11. The monoisotopic (exact) mass is 321 g/mol. The first-order valence-electron chi connectivity index (χ1n) is 5.62. The van der Waals surface area contributed by atoms with Gasteiger partial charge in [0.05, 0.1) is 18.4 Å². The van der Waals surface area contributed by atoms with Gasteiger partial charge in [0.15, 0.2) is 17.5 Å². The van der Waals surface area contributed by atoms with Crippen molar-refractivity contribution in [3.8, 4) is 0 Å². The fourth-order valence-electron chi connectivity index (χ4n) is 1.62. The number of halogens is 5. The number of alkyl halides is 1. The van der Waals surface area contributed by atoms with Gasteiger partial charge >= 0.3 is 0 Å². The summed E-state index contributed by atoms with van der Waals surface area (Å²) in [5.41, 5.74) is -0.420. The summed E-state index contributed by atoms with van der Waals surface area (Å²) in [5.74, 6) is -6.96. The van der Waals surface area contributed by atoms with Gasteiger partial charge in [0.1, 0.15) is 11.7 Å². The molecule has 1 aromatic carbocycles. The normalized spacial score (nSPS) is 10.7. The van der Waals surface area contributed by atoms with Crippen LogP contribution in [0.5, 0.6) is 0 Å². The molecular formula is C12H8ClF4N3O. The maximum absolute atomic E-state index is 13.5. The van der Waals surface area contributed by atoms with E-state index >= 15 is 0 Å². The molecule has 9 heteroatoms. The quantitative estimate of drug-likeness (QED) is 0.407. The van der Waals surface area contributed by atoms with Crippen molar-refractivity contribution in [1.82, 2.24) is 9.78 Å². The smallest absolute Gasteiger partial charge is 0.239 e. The minimum atomic E-state index is -1.76. The van der Waals surface area contributed by atoms with E-state index in [-0.39, 0.29) is 17.6 Å². The number of nitrogens with one attached hydrogen (secondary N) is 1. The Morgan fingerprint density at radius 1 is 1.24 bits per heavy atom. The summed E-state index contributed by atoms with van der Waals surface area (Å²) in [4.78, 5) is 11.0. The minimum Gasteiger partial charge on any atom is -0.322 e. The molecule has 1 N–H and O–H groups in total. The molecule has 1 heterocycles. The first-order valence-corrected chi connectivity index (χ1v) is 6.16. The largest absolute Gasteiger partial charge is 0.322 e. The molecule has 21 heavy (non-hydrogen) atoms. The number of hydrogen-bond donors (Lipinski definition) is 1. The fraction of sp³-hybridized carbons (Fsp3) is 0.167. The number of amides is 1. The van der Waals surface area contributed by atoms with Crippen molar-refractivity contribution in [3.05, 3.63) is 47.3 Å². The summed E-state index contributed by atoms with van der Waals surface area (Å²) >= 11 is 5.30. The highest BCUT2D eigenvalue weighted by Crippen LogP contribution is 2.20. The maximum Gasteiger partial charge on any atom is 0.239 e. The van der Waals surface area contributed by atoms with E-state index in [1.165, 1.54) is 12.4 Å². The zero-order valence-electron chi connectivity index (χ0n) is 10.3. The summed E-state index contributed by atoms with van der Waals surface area (Å²) in [6.45, 7) is -0.467. The number of nitrogens with zero attached hydrogens (tertiary/aromatic N) is 2. The zero-order valence-corrected chi connectivity index (χ0v) is 11.1. The molecule has 0 aliphatic rings. The molecule has 1 amide bonds. The number of benzene rings is 1. The van der Waals surface area contributed by atoms with Crippen molar-refractivity contribution >= 4 is 23.2 Å². The van der Waals surface area contributed by atoms with Gasteiger partial charge in [0.2, 0.25) is 5.91 Å². The van der Waals surface area contributed by atoms with E-state index < -0.39 is 41.3 Å². The van der Waals surface area contributed by atoms with E-state index in [1.807, 2.05) is 0 Å². The molecule has 0 saturated carbocycles. The number of rotatable bonds is 4. The van der Waals surface area contributed by atoms with Crippen LogP contribution < -0.4 is 5.32 Å². The van der Waals surface area contributed by atoms with E-state index in [9.17, 15) is 22.4 Å².